The van der Waals surface area contributed by atoms with Crippen LogP contribution in [0.4, 0.5) is 11.4 Å². The maximum Gasteiger partial charge on any atom is 0.289 e. The molecule has 0 amide bonds. The average Bonchev–Trinajstić information content (AvgIpc) is 2.89. The number of anilines is 1. The molecular weight excluding hydrogens is 252 g/mol. The molecule has 6 nitrogen and oxygen atoms in total. The smallest absolute Gasteiger partial charge is 0.289 e. The third-order valence-corrected chi connectivity index (χ3v) is 3.02. The van der Waals surface area contributed by atoms with Gasteiger partial charge in [0, 0.05) is 23.3 Å². The summed E-state index contributed by atoms with van der Waals surface area (Å²) in [4.78, 5) is 14.3. The van der Waals surface area contributed by atoms with Crippen LogP contribution in [0.5, 0.6) is 0 Å². The summed E-state index contributed by atoms with van der Waals surface area (Å²) in [5.74, 6) is 0. The molecule has 90 valence electrons. The number of nitro groups is 1. The predicted molar refractivity (Wildman–Crippen MR) is 67.3 cm³/mol. The van der Waals surface area contributed by atoms with E-state index >= 15 is 0 Å². The van der Waals surface area contributed by atoms with Crippen LogP contribution in [0.1, 0.15) is 10.6 Å². The summed E-state index contributed by atoms with van der Waals surface area (Å²) in [7, 11) is 0. The Morgan fingerprint density at radius 2 is 2.39 bits per heavy atom. The van der Waals surface area contributed by atoms with Gasteiger partial charge in [-0.05, 0) is 12.1 Å². The van der Waals surface area contributed by atoms with E-state index in [0.717, 1.165) is 5.01 Å². The van der Waals surface area contributed by atoms with E-state index < -0.39 is 4.92 Å². The van der Waals surface area contributed by atoms with E-state index in [1.165, 1.54) is 23.5 Å². The molecule has 0 aliphatic rings. The Morgan fingerprint density at radius 1 is 1.56 bits per heavy atom. The van der Waals surface area contributed by atoms with Crippen LogP contribution in [0.15, 0.2) is 29.8 Å². The monoisotopic (exact) mass is 260 g/mol. The molecule has 1 N–H and O–H groups in total. The molecule has 18 heavy (non-hydrogen) atoms. The molecule has 0 saturated carbocycles. The number of aromatic nitrogens is 1. The molecule has 0 fully saturated rings. The number of benzene rings is 1. The molecule has 1 aromatic heterocycles. The first-order valence-electron chi connectivity index (χ1n) is 5.01. The van der Waals surface area contributed by atoms with Gasteiger partial charge in [-0.15, -0.1) is 11.3 Å². The number of hydrogen-bond donors (Lipinski definition) is 1. The maximum atomic E-state index is 10.8. The first kappa shape index (κ1) is 12.0. The molecule has 0 radical (unpaired) electrons. The Morgan fingerprint density at radius 3 is 3.00 bits per heavy atom. The van der Waals surface area contributed by atoms with Crippen molar-refractivity contribution in [2.24, 2.45) is 0 Å². The lowest BCUT2D eigenvalue weighted by molar-refractivity contribution is -0.385. The minimum absolute atomic E-state index is 0.0554. The molecule has 1 aromatic carbocycles. The molecule has 0 aliphatic carbocycles. The number of nitriles is 1. The maximum absolute atomic E-state index is 10.8. The third kappa shape index (κ3) is 2.61. The van der Waals surface area contributed by atoms with Crippen molar-refractivity contribution >= 4 is 22.7 Å². The fourth-order valence-corrected chi connectivity index (χ4v) is 1.96. The molecule has 2 rings (SSSR count). The zero-order chi connectivity index (χ0) is 13.0. The first-order chi connectivity index (χ1) is 8.70. The highest BCUT2D eigenvalue weighted by molar-refractivity contribution is 7.09. The quantitative estimate of drug-likeness (QED) is 0.673. The van der Waals surface area contributed by atoms with Crippen LogP contribution < -0.4 is 5.32 Å². The minimum atomic E-state index is -0.562. The Hall–Kier alpha value is -2.46. The van der Waals surface area contributed by atoms with Crippen molar-refractivity contribution in [2.75, 3.05) is 5.32 Å². The fraction of sp³-hybridized carbons (Fsp3) is 0.0909. The zero-order valence-electron chi connectivity index (χ0n) is 9.16. The van der Waals surface area contributed by atoms with Crippen molar-refractivity contribution in [1.29, 1.82) is 5.26 Å². The Balaban J connectivity index is 2.17. The standard InChI is InChI=1S/C11H8N4O2S/c12-6-8-1-2-9(5-10(8)15(16)17)14-7-11-13-3-4-18-11/h1-5,14H,7H2. The molecule has 0 aliphatic heterocycles. The molecule has 0 bridgehead atoms. The van der Waals surface area contributed by atoms with Crippen molar-refractivity contribution in [1.82, 2.24) is 4.98 Å². The van der Waals surface area contributed by atoms with E-state index in [2.05, 4.69) is 10.3 Å². The molecule has 0 atom stereocenters. The zero-order valence-corrected chi connectivity index (χ0v) is 9.98. The fourth-order valence-electron chi connectivity index (χ4n) is 1.41. The van der Waals surface area contributed by atoms with Gasteiger partial charge in [-0.1, -0.05) is 0 Å². The molecule has 7 heteroatoms. The van der Waals surface area contributed by atoms with Gasteiger partial charge in [0.15, 0.2) is 0 Å². The van der Waals surface area contributed by atoms with Gasteiger partial charge >= 0.3 is 0 Å². The van der Waals surface area contributed by atoms with Crippen LogP contribution in [0.3, 0.4) is 0 Å². The van der Waals surface area contributed by atoms with Crippen molar-refractivity contribution in [3.05, 3.63) is 50.5 Å². The van der Waals surface area contributed by atoms with Gasteiger partial charge < -0.3 is 5.32 Å². The predicted octanol–water partition coefficient (Wildman–Crippen LogP) is 2.54. The Kier molecular flexibility index (Phi) is 3.50. The number of thiazole rings is 1. The van der Waals surface area contributed by atoms with E-state index in [4.69, 9.17) is 5.26 Å². The highest BCUT2D eigenvalue weighted by Crippen LogP contribution is 2.23. The highest BCUT2D eigenvalue weighted by Gasteiger charge is 2.14. The second-order valence-electron chi connectivity index (χ2n) is 3.38. The van der Waals surface area contributed by atoms with Crippen LogP contribution >= 0.6 is 11.3 Å². The van der Waals surface area contributed by atoms with Crippen LogP contribution in [-0.4, -0.2) is 9.91 Å². The third-order valence-electron chi connectivity index (χ3n) is 2.24. The SMILES string of the molecule is N#Cc1ccc(NCc2nccs2)cc1[N+](=O)[O-]. The van der Waals surface area contributed by atoms with Gasteiger partial charge in [-0.25, -0.2) is 4.98 Å². The van der Waals surface area contributed by atoms with Crippen molar-refractivity contribution < 1.29 is 4.92 Å². The second kappa shape index (κ2) is 5.25. The molecule has 1 heterocycles. The molecule has 0 unspecified atom stereocenters. The summed E-state index contributed by atoms with van der Waals surface area (Å²) in [6, 6.07) is 6.22. The van der Waals surface area contributed by atoms with Gasteiger partial charge in [0.1, 0.15) is 16.6 Å². The molecule has 2 aromatic rings. The van der Waals surface area contributed by atoms with Crippen LogP contribution in [0.2, 0.25) is 0 Å². The van der Waals surface area contributed by atoms with Gasteiger partial charge in [-0.3, -0.25) is 10.1 Å². The van der Waals surface area contributed by atoms with E-state index in [1.807, 2.05) is 5.38 Å². The van der Waals surface area contributed by atoms with E-state index in [0.29, 0.717) is 12.2 Å². The van der Waals surface area contributed by atoms with Gasteiger partial charge in [0.05, 0.1) is 11.5 Å². The number of rotatable bonds is 4. The number of nitrogens with zero attached hydrogens (tertiary/aromatic N) is 3. The van der Waals surface area contributed by atoms with E-state index in [9.17, 15) is 10.1 Å². The Bertz CT molecular complexity index is 604. The average molecular weight is 260 g/mol. The summed E-state index contributed by atoms with van der Waals surface area (Å²) < 4.78 is 0. The lowest BCUT2D eigenvalue weighted by atomic mass is 10.2. The summed E-state index contributed by atoms with van der Waals surface area (Å²) >= 11 is 1.50. The number of hydrogen-bond acceptors (Lipinski definition) is 6. The van der Waals surface area contributed by atoms with Gasteiger partial charge in [0.2, 0.25) is 0 Å². The molecule has 0 saturated heterocycles. The Labute approximate surface area is 107 Å². The molecule has 0 spiro atoms. The summed E-state index contributed by atoms with van der Waals surface area (Å²) in [5.41, 5.74) is 0.456. The normalized spacial score (nSPS) is 9.72. The topological polar surface area (TPSA) is 91.8 Å². The number of nitrogens with one attached hydrogen (secondary N) is 1. The lowest BCUT2D eigenvalue weighted by Crippen LogP contribution is -2.00. The minimum Gasteiger partial charge on any atom is -0.378 e. The van der Waals surface area contributed by atoms with Gasteiger partial charge in [0.25, 0.3) is 5.69 Å². The number of nitro benzene ring substituents is 1. The van der Waals surface area contributed by atoms with E-state index in [-0.39, 0.29) is 11.3 Å². The van der Waals surface area contributed by atoms with Crippen molar-refractivity contribution in [3.8, 4) is 6.07 Å². The lowest BCUT2D eigenvalue weighted by Gasteiger charge is -2.04. The van der Waals surface area contributed by atoms with Crippen LogP contribution in [0.25, 0.3) is 0 Å². The van der Waals surface area contributed by atoms with Crippen LogP contribution in [-0.2, 0) is 6.54 Å². The second-order valence-corrected chi connectivity index (χ2v) is 4.36. The highest BCUT2D eigenvalue weighted by atomic mass is 32.1. The molecular formula is C11H8N4O2S. The van der Waals surface area contributed by atoms with E-state index in [1.54, 1.807) is 18.3 Å². The summed E-state index contributed by atoms with van der Waals surface area (Å²) in [6.07, 6.45) is 1.70. The van der Waals surface area contributed by atoms with Gasteiger partial charge in [-0.2, -0.15) is 5.26 Å². The van der Waals surface area contributed by atoms with Crippen LogP contribution in [0, 0.1) is 21.4 Å². The largest absolute Gasteiger partial charge is 0.378 e. The first-order valence-corrected chi connectivity index (χ1v) is 5.89. The van der Waals surface area contributed by atoms with Crippen molar-refractivity contribution in [2.45, 2.75) is 6.54 Å². The van der Waals surface area contributed by atoms with Crippen molar-refractivity contribution in [3.63, 3.8) is 0 Å². The summed E-state index contributed by atoms with van der Waals surface area (Å²) in [5, 5.41) is 25.3. The summed E-state index contributed by atoms with van der Waals surface area (Å²) in [6.45, 7) is 0.501.